The molecule has 0 aliphatic heterocycles. The number of methoxy groups -OCH3 is 1. The quantitative estimate of drug-likeness (QED) is 0.421. The Morgan fingerprint density at radius 2 is 1.81 bits per heavy atom. The summed E-state index contributed by atoms with van der Waals surface area (Å²) in [5.41, 5.74) is 2.00. The predicted molar refractivity (Wildman–Crippen MR) is 104 cm³/mol. The van der Waals surface area contributed by atoms with E-state index in [9.17, 15) is 13.2 Å². The van der Waals surface area contributed by atoms with Crippen LogP contribution in [0.15, 0.2) is 53.3 Å². The molecule has 10 heteroatoms. The number of alkyl halides is 3. The number of hydrogen-bond acceptors (Lipinski definition) is 7. The first-order valence-electron chi connectivity index (χ1n) is 9.07. The Labute approximate surface area is 174 Å². The summed E-state index contributed by atoms with van der Waals surface area (Å²) in [6.45, 7) is 1.62. The molecular formula is C21H16F3N3O4. The summed E-state index contributed by atoms with van der Waals surface area (Å²) in [4.78, 5) is 8.18. The van der Waals surface area contributed by atoms with Gasteiger partial charge in [0.2, 0.25) is 0 Å². The number of nitrogens with zero attached hydrogens (tertiary/aromatic N) is 3. The van der Waals surface area contributed by atoms with Crippen LogP contribution in [-0.4, -0.2) is 28.6 Å². The summed E-state index contributed by atoms with van der Waals surface area (Å²) >= 11 is 0. The molecule has 2 aromatic carbocycles. The van der Waals surface area contributed by atoms with Gasteiger partial charge in [0.1, 0.15) is 18.1 Å². The van der Waals surface area contributed by atoms with Crippen molar-refractivity contribution in [2.45, 2.75) is 19.9 Å². The molecule has 2 aromatic heterocycles. The van der Waals surface area contributed by atoms with E-state index in [0.717, 1.165) is 0 Å². The Balaban J connectivity index is 1.69. The zero-order chi connectivity index (χ0) is 22.0. The molecule has 0 N–H and O–H groups in total. The standard InChI is InChI=1S/C21H16F3N3O4/c1-12-8-13(4-5-16(12)30-21(22,23)24)14-9-15-18(10-17(14)28-2)31-27-20(15)29-11-19-25-6-3-7-26-19/h3-10H,11H2,1-2H3. The molecular weight excluding hydrogens is 415 g/mol. The molecule has 0 aliphatic carbocycles. The van der Waals surface area contributed by atoms with Gasteiger partial charge in [0.05, 0.1) is 12.5 Å². The zero-order valence-electron chi connectivity index (χ0n) is 16.4. The minimum absolute atomic E-state index is 0.0897. The SMILES string of the molecule is COc1cc2onc(OCc3ncccn3)c2cc1-c1ccc(OC(F)(F)F)c(C)c1. The molecule has 4 rings (SSSR count). The van der Waals surface area contributed by atoms with Gasteiger partial charge < -0.3 is 18.7 Å². The third-order valence-electron chi connectivity index (χ3n) is 4.43. The Kier molecular flexibility index (Phi) is 5.37. The highest BCUT2D eigenvalue weighted by Crippen LogP contribution is 2.39. The van der Waals surface area contributed by atoms with E-state index in [2.05, 4.69) is 19.9 Å². The molecule has 7 nitrogen and oxygen atoms in total. The van der Waals surface area contributed by atoms with Crippen LogP contribution in [0.25, 0.3) is 22.1 Å². The topological polar surface area (TPSA) is 79.5 Å². The Bertz CT molecular complexity index is 1210. The number of aromatic nitrogens is 3. The van der Waals surface area contributed by atoms with E-state index in [1.54, 1.807) is 36.7 Å². The Morgan fingerprint density at radius 1 is 1.03 bits per heavy atom. The van der Waals surface area contributed by atoms with Crippen molar-refractivity contribution in [1.82, 2.24) is 15.1 Å². The minimum atomic E-state index is -4.76. The van der Waals surface area contributed by atoms with Crippen molar-refractivity contribution in [2.24, 2.45) is 0 Å². The molecule has 0 fully saturated rings. The van der Waals surface area contributed by atoms with Crippen molar-refractivity contribution in [3.63, 3.8) is 0 Å². The number of fused-ring (bicyclic) bond motifs is 1. The van der Waals surface area contributed by atoms with Crippen LogP contribution in [0, 0.1) is 6.92 Å². The molecule has 2 heterocycles. The third kappa shape index (κ3) is 4.52. The molecule has 0 aliphatic rings. The minimum Gasteiger partial charge on any atom is -0.496 e. The summed E-state index contributed by atoms with van der Waals surface area (Å²) in [6.07, 6.45) is -1.56. The van der Waals surface area contributed by atoms with Gasteiger partial charge in [-0.15, -0.1) is 13.2 Å². The van der Waals surface area contributed by atoms with Crippen molar-refractivity contribution < 1.29 is 31.9 Å². The predicted octanol–water partition coefficient (Wildman–Crippen LogP) is 5.08. The maximum atomic E-state index is 12.6. The highest BCUT2D eigenvalue weighted by Gasteiger charge is 2.31. The van der Waals surface area contributed by atoms with E-state index in [1.807, 2.05) is 0 Å². The summed E-state index contributed by atoms with van der Waals surface area (Å²) in [6, 6.07) is 9.43. The normalized spacial score (nSPS) is 11.5. The van der Waals surface area contributed by atoms with Gasteiger partial charge in [-0.1, -0.05) is 6.07 Å². The molecule has 0 atom stereocenters. The van der Waals surface area contributed by atoms with Crippen molar-refractivity contribution in [2.75, 3.05) is 7.11 Å². The van der Waals surface area contributed by atoms with Crippen LogP contribution in [0.5, 0.6) is 17.4 Å². The summed E-state index contributed by atoms with van der Waals surface area (Å²) < 4.78 is 58.2. The molecule has 31 heavy (non-hydrogen) atoms. The van der Waals surface area contributed by atoms with Crippen molar-refractivity contribution in [1.29, 1.82) is 0 Å². The number of ether oxygens (including phenoxy) is 3. The lowest BCUT2D eigenvalue weighted by Gasteiger charge is -2.14. The summed E-state index contributed by atoms with van der Waals surface area (Å²) in [7, 11) is 1.49. The highest BCUT2D eigenvalue weighted by atomic mass is 19.4. The smallest absolute Gasteiger partial charge is 0.496 e. The lowest BCUT2D eigenvalue weighted by atomic mass is 10.0. The van der Waals surface area contributed by atoms with Gasteiger partial charge in [0.15, 0.2) is 11.4 Å². The van der Waals surface area contributed by atoms with Gasteiger partial charge in [-0.2, -0.15) is 0 Å². The maximum absolute atomic E-state index is 12.6. The van der Waals surface area contributed by atoms with Crippen LogP contribution >= 0.6 is 0 Å². The second kappa shape index (κ2) is 8.13. The van der Waals surface area contributed by atoms with E-state index < -0.39 is 6.36 Å². The third-order valence-corrected chi connectivity index (χ3v) is 4.43. The lowest BCUT2D eigenvalue weighted by molar-refractivity contribution is -0.274. The summed E-state index contributed by atoms with van der Waals surface area (Å²) in [5.74, 6) is 0.905. The van der Waals surface area contributed by atoms with Gasteiger partial charge in [-0.25, -0.2) is 9.97 Å². The fourth-order valence-corrected chi connectivity index (χ4v) is 3.04. The fourth-order valence-electron chi connectivity index (χ4n) is 3.04. The number of halogens is 3. The average Bonchev–Trinajstić information content (AvgIpc) is 3.14. The second-order valence-electron chi connectivity index (χ2n) is 6.52. The van der Waals surface area contributed by atoms with E-state index in [1.165, 1.54) is 26.2 Å². The Hall–Kier alpha value is -3.82. The van der Waals surface area contributed by atoms with Gasteiger partial charge in [-0.3, -0.25) is 0 Å². The molecule has 0 unspecified atom stereocenters. The molecule has 0 saturated heterocycles. The highest BCUT2D eigenvalue weighted by molar-refractivity contribution is 5.90. The van der Waals surface area contributed by atoms with Crippen LogP contribution in [0.2, 0.25) is 0 Å². The number of aryl methyl sites for hydroxylation is 1. The average molecular weight is 431 g/mol. The number of hydrogen-bond donors (Lipinski definition) is 0. The number of benzene rings is 2. The zero-order valence-corrected chi connectivity index (χ0v) is 16.4. The second-order valence-corrected chi connectivity index (χ2v) is 6.52. The molecule has 160 valence electrons. The first-order valence-corrected chi connectivity index (χ1v) is 9.07. The van der Waals surface area contributed by atoms with Crippen molar-refractivity contribution in [3.05, 3.63) is 60.2 Å². The van der Waals surface area contributed by atoms with Gasteiger partial charge >= 0.3 is 6.36 Å². The van der Waals surface area contributed by atoms with E-state index in [0.29, 0.717) is 39.2 Å². The number of rotatable bonds is 6. The van der Waals surface area contributed by atoms with Gasteiger partial charge in [-0.05, 0) is 47.5 Å². The van der Waals surface area contributed by atoms with Crippen LogP contribution in [-0.2, 0) is 6.61 Å². The first kappa shape index (κ1) is 20.5. The molecule has 4 aromatic rings. The fraction of sp³-hybridized carbons (Fsp3) is 0.190. The monoisotopic (exact) mass is 431 g/mol. The molecule has 0 spiro atoms. The van der Waals surface area contributed by atoms with Crippen LogP contribution < -0.4 is 14.2 Å². The molecule has 0 bridgehead atoms. The van der Waals surface area contributed by atoms with E-state index in [-0.39, 0.29) is 18.2 Å². The van der Waals surface area contributed by atoms with Crippen LogP contribution in [0.1, 0.15) is 11.4 Å². The lowest BCUT2D eigenvalue weighted by Crippen LogP contribution is -2.17. The summed E-state index contributed by atoms with van der Waals surface area (Å²) in [5, 5.41) is 4.51. The van der Waals surface area contributed by atoms with Crippen molar-refractivity contribution in [3.8, 4) is 28.5 Å². The Morgan fingerprint density at radius 3 is 2.48 bits per heavy atom. The maximum Gasteiger partial charge on any atom is 0.573 e. The van der Waals surface area contributed by atoms with Crippen molar-refractivity contribution >= 4 is 11.0 Å². The van der Waals surface area contributed by atoms with Gasteiger partial charge in [0, 0.05) is 24.0 Å². The van der Waals surface area contributed by atoms with E-state index >= 15 is 0 Å². The van der Waals surface area contributed by atoms with Gasteiger partial charge in [0.25, 0.3) is 5.88 Å². The van der Waals surface area contributed by atoms with E-state index in [4.69, 9.17) is 14.0 Å². The largest absolute Gasteiger partial charge is 0.573 e. The first-order chi connectivity index (χ1) is 14.8. The van der Waals surface area contributed by atoms with Crippen LogP contribution in [0.4, 0.5) is 13.2 Å². The molecule has 0 radical (unpaired) electrons. The molecule has 0 amide bonds. The molecule has 0 saturated carbocycles. The van der Waals surface area contributed by atoms with Crippen LogP contribution in [0.3, 0.4) is 0 Å².